The third-order valence-electron chi connectivity index (χ3n) is 6.77. The van der Waals surface area contributed by atoms with Crippen molar-refractivity contribution in [2.45, 2.75) is 51.2 Å². The number of piperidine rings is 1. The number of halogens is 1. The van der Waals surface area contributed by atoms with Crippen LogP contribution < -0.4 is 15.1 Å². The molecule has 0 bridgehead atoms. The predicted molar refractivity (Wildman–Crippen MR) is 154 cm³/mol. The molecule has 2 N–H and O–H groups in total. The Balaban J connectivity index is 1.64. The summed E-state index contributed by atoms with van der Waals surface area (Å²) in [5.41, 5.74) is -0.353. The average Bonchev–Trinajstić information content (AvgIpc) is 3.35. The van der Waals surface area contributed by atoms with Gasteiger partial charge in [0.15, 0.2) is 0 Å². The van der Waals surface area contributed by atoms with Gasteiger partial charge >= 0.3 is 6.09 Å². The number of ether oxygens (including phenoxy) is 1. The second kappa shape index (κ2) is 11.8. The maximum atomic E-state index is 14.5. The van der Waals surface area contributed by atoms with E-state index in [0.29, 0.717) is 37.5 Å². The summed E-state index contributed by atoms with van der Waals surface area (Å²) >= 11 is 6.15. The molecule has 1 fully saturated rings. The Morgan fingerprint density at radius 2 is 1.79 bits per heavy atom. The Morgan fingerprint density at radius 3 is 2.44 bits per heavy atom. The van der Waals surface area contributed by atoms with Gasteiger partial charge in [0.1, 0.15) is 28.9 Å². The summed E-state index contributed by atoms with van der Waals surface area (Å²) in [6, 6.07) is 9.18. The Morgan fingerprint density at radius 1 is 1.10 bits per heavy atom. The number of aromatic nitrogens is 3. The van der Waals surface area contributed by atoms with Gasteiger partial charge in [0.2, 0.25) is 0 Å². The van der Waals surface area contributed by atoms with E-state index in [2.05, 4.69) is 30.1 Å². The Bertz CT molecular complexity index is 1280. The van der Waals surface area contributed by atoms with Crippen LogP contribution in [0.5, 0.6) is 0 Å². The summed E-state index contributed by atoms with van der Waals surface area (Å²) in [6.45, 7) is 7.77. The average molecular weight is 556 g/mol. The fraction of sp³-hybridized carbons (Fsp3) is 0.500. The van der Waals surface area contributed by atoms with Crippen molar-refractivity contribution in [3.63, 3.8) is 0 Å². The van der Waals surface area contributed by atoms with Crippen LogP contribution in [-0.4, -0.2) is 83.3 Å². The number of hydrogen-bond donors (Lipinski definition) is 2. The third-order valence-corrected chi connectivity index (χ3v) is 7.02. The number of rotatable bonds is 8. The predicted octanol–water partition coefficient (Wildman–Crippen LogP) is 4.46. The smallest absolute Gasteiger partial charge is 0.408 e. The minimum absolute atomic E-state index is 0.163. The first-order valence-corrected chi connectivity index (χ1v) is 13.6. The lowest BCUT2D eigenvalue weighted by Crippen LogP contribution is -2.64. The number of nitrogens with one attached hydrogen (secondary N) is 2. The topological polar surface area (TPSA) is 107 Å². The Kier molecular flexibility index (Phi) is 8.66. The number of benzene rings is 1. The lowest BCUT2D eigenvalue weighted by Gasteiger charge is -2.44. The van der Waals surface area contributed by atoms with Crippen molar-refractivity contribution in [2.24, 2.45) is 0 Å². The van der Waals surface area contributed by atoms with E-state index >= 15 is 0 Å². The normalized spacial score (nSPS) is 15.4. The van der Waals surface area contributed by atoms with Gasteiger partial charge in [-0.1, -0.05) is 11.6 Å². The lowest BCUT2D eigenvalue weighted by molar-refractivity contribution is -0.126. The summed E-state index contributed by atoms with van der Waals surface area (Å²) in [4.78, 5) is 45.4. The number of amides is 2. The van der Waals surface area contributed by atoms with Gasteiger partial charge in [-0.25, -0.2) is 14.8 Å². The first-order valence-electron chi connectivity index (χ1n) is 13.2. The lowest BCUT2D eigenvalue weighted by atomic mass is 9.85. The second-order valence-electron chi connectivity index (χ2n) is 11.2. The molecule has 3 aromatic rings. The molecule has 10 nitrogen and oxygen atoms in total. The van der Waals surface area contributed by atoms with Crippen molar-refractivity contribution in [3.05, 3.63) is 47.9 Å². The molecule has 2 aromatic heterocycles. The number of anilines is 2. The largest absolute Gasteiger partial charge is 0.444 e. The molecule has 0 unspecified atom stereocenters. The summed E-state index contributed by atoms with van der Waals surface area (Å²) in [5, 5.41) is 4.51. The van der Waals surface area contributed by atoms with Crippen molar-refractivity contribution in [2.75, 3.05) is 50.1 Å². The van der Waals surface area contributed by atoms with Crippen molar-refractivity contribution < 1.29 is 14.3 Å². The molecule has 2 amide bonds. The van der Waals surface area contributed by atoms with Gasteiger partial charge < -0.3 is 29.7 Å². The van der Waals surface area contributed by atoms with E-state index in [0.717, 1.165) is 35.5 Å². The van der Waals surface area contributed by atoms with Crippen molar-refractivity contribution >= 4 is 46.1 Å². The van der Waals surface area contributed by atoms with Crippen molar-refractivity contribution in [3.8, 4) is 0 Å². The first kappa shape index (κ1) is 28.6. The monoisotopic (exact) mass is 555 g/mol. The molecule has 3 heterocycles. The molecule has 4 rings (SSSR count). The molecule has 11 heteroatoms. The molecule has 1 saturated heterocycles. The zero-order valence-corrected chi connectivity index (χ0v) is 24.1. The molecule has 1 aromatic carbocycles. The number of carbonyl (C=O) groups excluding carboxylic acids is 2. The number of aromatic amines is 1. The van der Waals surface area contributed by atoms with Gasteiger partial charge in [-0.2, -0.15) is 0 Å². The Hall–Kier alpha value is -3.37. The maximum Gasteiger partial charge on any atom is 0.408 e. The number of alkyl carbamates (subject to hydrolysis) is 1. The summed E-state index contributed by atoms with van der Waals surface area (Å²) in [7, 11) is 4.01. The maximum absolute atomic E-state index is 14.5. The van der Waals surface area contributed by atoms with Crippen molar-refractivity contribution in [1.29, 1.82) is 0 Å². The minimum Gasteiger partial charge on any atom is -0.444 e. The van der Waals surface area contributed by atoms with Gasteiger partial charge in [0, 0.05) is 36.5 Å². The minimum atomic E-state index is -1.15. The molecule has 1 aliphatic rings. The number of H-pyrrole nitrogens is 1. The SMILES string of the molecule is CN(C)CCCN(C(=O)C1(NC(=O)OC(C)(C)C)CCN(c2ncnc3[nH]ccc23)CC1)c1ccc(Cl)cc1. The molecule has 0 spiro atoms. The summed E-state index contributed by atoms with van der Waals surface area (Å²) in [6.07, 6.45) is 4.30. The van der Waals surface area contributed by atoms with E-state index in [4.69, 9.17) is 16.3 Å². The zero-order chi connectivity index (χ0) is 28.2. The van der Waals surface area contributed by atoms with Gasteiger partial charge in [-0.05, 0) is 91.0 Å². The molecule has 0 saturated carbocycles. The number of hydrogen-bond acceptors (Lipinski definition) is 7. The number of nitrogens with zero attached hydrogens (tertiary/aromatic N) is 5. The molecule has 0 aliphatic carbocycles. The second-order valence-corrected chi connectivity index (χ2v) is 11.7. The van der Waals surface area contributed by atoms with Gasteiger partial charge in [-0.15, -0.1) is 0 Å². The molecule has 0 radical (unpaired) electrons. The molecular weight excluding hydrogens is 518 g/mol. The van der Waals surface area contributed by atoms with Crippen LogP contribution in [0.25, 0.3) is 11.0 Å². The quantitative estimate of drug-likeness (QED) is 0.422. The van der Waals surface area contributed by atoms with E-state index in [9.17, 15) is 9.59 Å². The van der Waals surface area contributed by atoms with Crippen LogP contribution in [0.2, 0.25) is 5.02 Å². The first-order chi connectivity index (χ1) is 18.5. The van der Waals surface area contributed by atoms with E-state index in [1.807, 2.05) is 59.3 Å². The fourth-order valence-corrected chi connectivity index (χ4v) is 5.00. The van der Waals surface area contributed by atoms with Crippen LogP contribution in [-0.2, 0) is 9.53 Å². The highest BCUT2D eigenvalue weighted by Gasteiger charge is 2.46. The van der Waals surface area contributed by atoms with Crippen LogP contribution in [0.15, 0.2) is 42.9 Å². The van der Waals surface area contributed by atoms with Gasteiger partial charge in [0.25, 0.3) is 5.91 Å². The molecular formula is C28H38ClN7O3. The van der Waals surface area contributed by atoms with Gasteiger partial charge in [0.05, 0.1) is 5.39 Å². The van der Waals surface area contributed by atoms with E-state index in [-0.39, 0.29) is 5.91 Å². The zero-order valence-electron chi connectivity index (χ0n) is 23.3. The van der Waals surface area contributed by atoms with E-state index in [1.54, 1.807) is 17.0 Å². The molecule has 0 atom stereocenters. The summed E-state index contributed by atoms with van der Waals surface area (Å²) in [5.74, 6) is 0.642. The van der Waals surface area contributed by atoms with Crippen LogP contribution in [0.4, 0.5) is 16.3 Å². The molecule has 39 heavy (non-hydrogen) atoms. The number of carbonyl (C=O) groups is 2. The highest BCUT2D eigenvalue weighted by atomic mass is 35.5. The molecule has 1 aliphatic heterocycles. The van der Waals surface area contributed by atoms with Crippen molar-refractivity contribution in [1.82, 2.24) is 25.2 Å². The number of fused-ring (bicyclic) bond motifs is 1. The van der Waals surface area contributed by atoms with Crippen LogP contribution in [0.3, 0.4) is 0 Å². The Labute approximate surface area is 234 Å². The van der Waals surface area contributed by atoms with E-state index in [1.165, 1.54) is 6.33 Å². The van der Waals surface area contributed by atoms with Gasteiger partial charge in [-0.3, -0.25) is 4.79 Å². The van der Waals surface area contributed by atoms with E-state index < -0.39 is 17.2 Å². The standard InChI is InChI=1S/C28H38ClN7O3/c1-27(2,3)39-26(38)33-28(12-17-35(18-13-28)24-22-11-14-30-23(22)31-19-32-24)25(37)36(16-6-15-34(4)5)21-9-7-20(29)8-10-21/h7-11,14,19H,6,12-13,15-18H2,1-5H3,(H,33,38)(H,30,31,32). The van der Waals surface area contributed by atoms with Crippen LogP contribution >= 0.6 is 11.6 Å². The van der Waals surface area contributed by atoms with Crippen LogP contribution in [0.1, 0.15) is 40.0 Å². The fourth-order valence-electron chi connectivity index (χ4n) is 4.87. The summed E-state index contributed by atoms with van der Waals surface area (Å²) < 4.78 is 5.60. The van der Waals surface area contributed by atoms with Crippen LogP contribution in [0, 0.1) is 0 Å². The third kappa shape index (κ3) is 6.99. The molecule has 210 valence electrons. The highest BCUT2D eigenvalue weighted by Crippen LogP contribution is 2.32. The highest BCUT2D eigenvalue weighted by molar-refractivity contribution is 6.30.